The highest BCUT2D eigenvalue weighted by atomic mass is 35.5. The van der Waals surface area contributed by atoms with Crippen molar-refractivity contribution in [2.75, 3.05) is 25.0 Å². The van der Waals surface area contributed by atoms with Crippen molar-refractivity contribution in [1.29, 1.82) is 0 Å². The number of hydrogen-bond acceptors (Lipinski definition) is 4. The van der Waals surface area contributed by atoms with E-state index in [1.807, 2.05) is 56.3 Å². The first-order chi connectivity index (χ1) is 18.9. The van der Waals surface area contributed by atoms with Gasteiger partial charge in [-0.25, -0.2) is 0 Å². The minimum absolute atomic E-state index is 0.00825. The van der Waals surface area contributed by atoms with Crippen molar-refractivity contribution in [3.8, 4) is 5.75 Å². The second kappa shape index (κ2) is 14.9. The van der Waals surface area contributed by atoms with Gasteiger partial charge in [-0.1, -0.05) is 67.7 Å². The molecule has 3 aromatic rings. The summed E-state index contributed by atoms with van der Waals surface area (Å²) in [6.45, 7) is 7.47. The zero-order valence-electron chi connectivity index (χ0n) is 23.2. The van der Waals surface area contributed by atoms with E-state index in [4.69, 9.17) is 27.9 Å². The van der Waals surface area contributed by atoms with Gasteiger partial charge in [0.15, 0.2) is 0 Å². The molecule has 0 spiro atoms. The van der Waals surface area contributed by atoms with E-state index in [1.165, 1.54) is 31.2 Å². The van der Waals surface area contributed by atoms with Gasteiger partial charge in [0.25, 0.3) is 0 Å². The van der Waals surface area contributed by atoms with Crippen LogP contribution in [0.3, 0.4) is 0 Å². The smallest absolute Gasteiger partial charge is 0.126 e. The lowest BCUT2D eigenvalue weighted by Gasteiger charge is -2.32. The first kappa shape index (κ1) is 29.7. The van der Waals surface area contributed by atoms with Gasteiger partial charge in [-0.3, -0.25) is 0 Å². The number of unbranched alkanes of at least 4 members (excludes halogenated alkanes) is 2. The van der Waals surface area contributed by atoms with Gasteiger partial charge in [0.1, 0.15) is 18.1 Å². The Hall–Kier alpha value is -2.24. The molecule has 2 atom stereocenters. The number of nitrogens with one attached hydrogen (secondary N) is 1. The third kappa shape index (κ3) is 9.42. The number of nitrogens with zero attached hydrogens (tertiary/aromatic N) is 1. The predicted molar refractivity (Wildman–Crippen MR) is 164 cm³/mol. The fraction of sp³-hybridized carbons (Fsp3) is 0.455. The van der Waals surface area contributed by atoms with Crippen LogP contribution < -0.4 is 10.1 Å². The number of rotatable bonds is 13. The topological polar surface area (TPSA) is 44.7 Å². The van der Waals surface area contributed by atoms with Crippen LogP contribution in [0.4, 0.5) is 5.69 Å². The van der Waals surface area contributed by atoms with Gasteiger partial charge in [-0.05, 0) is 123 Å². The van der Waals surface area contributed by atoms with Crippen LogP contribution in [-0.2, 0) is 0 Å². The second-order valence-electron chi connectivity index (χ2n) is 11.0. The van der Waals surface area contributed by atoms with Gasteiger partial charge >= 0.3 is 0 Å². The average molecular weight is 570 g/mol. The Kier molecular flexibility index (Phi) is 11.4. The Labute approximate surface area is 244 Å². The molecule has 0 aliphatic carbocycles. The summed E-state index contributed by atoms with van der Waals surface area (Å²) < 4.78 is 6.36. The lowest BCUT2D eigenvalue weighted by Crippen LogP contribution is -2.33. The van der Waals surface area contributed by atoms with Crippen molar-refractivity contribution in [3.63, 3.8) is 0 Å². The Bertz CT molecular complexity index is 1130. The van der Waals surface area contributed by atoms with Crippen molar-refractivity contribution >= 4 is 28.9 Å². The molecule has 1 fully saturated rings. The van der Waals surface area contributed by atoms with Gasteiger partial charge in [-0.2, -0.15) is 0 Å². The lowest BCUT2D eigenvalue weighted by atomic mass is 9.89. The maximum atomic E-state index is 10.2. The van der Waals surface area contributed by atoms with Crippen molar-refractivity contribution in [2.45, 2.75) is 70.6 Å². The summed E-state index contributed by atoms with van der Waals surface area (Å²) in [5, 5.41) is 14.9. The zero-order valence-corrected chi connectivity index (χ0v) is 24.7. The molecule has 0 saturated carbocycles. The number of halogens is 2. The molecular weight excluding hydrogens is 527 g/mol. The molecule has 4 nitrogen and oxygen atoms in total. The third-order valence-electron chi connectivity index (χ3n) is 7.67. The molecule has 1 aliphatic heterocycles. The van der Waals surface area contributed by atoms with Crippen molar-refractivity contribution in [1.82, 2.24) is 4.90 Å². The van der Waals surface area contributed by atoms with Crippen molar-refractivity contribution in [3.05, 3.63) is 94.0 Å². The van der Waals surface area contributed by atoms with E-state index in [0.29, 0.717) is 10.9 Å². The normalized spacial score (nSPS) is 16.3. The van der Waals surface area contributed by atoms with E-state index < -0.39 is 6.23 Å². The Balaban J connectivity index is 1.20. The van der Waals surface area contributed by atoms with E-state index in [2.05, 4.69) is 40.5 Å². The average Bonchev–Trinajstić information content (AvgIpc) is 2.94. The highest BCUT2D eigenvalue weighted by Crippen LogP contribution is 2.31. The summed E-state index contributed by atoms with van der Waals surface area (Å²) in [5.41, 5.74) is 3.53. The molecule has 39 heavy (non-hydrogen) atoms. The number of likely N-dealkylation sites (tertiary alicyclic amines) is 1. The third-order valence-corrected chi connectivity index (χ3v) is 8.17. The Morgan fingerprint density at radius 2 is 1.56 bits per heavy atom. The molecular formula is C33H42Cl2N2O2. The SMILES string of the molecule is CC(C)C(O)Nc1cccc(C2CCN(CCCCCC(Oc3ccc(Cl)cc3)c3ccc(Cl)cc3)CC2)c1. The van der Waals surface area contributed by atoms with Crippen LogP contribution in [0.2, 0.25) is 10.0 Å². The van der Waals surface area contributed by atoms with E-state index in [-0.39, 0.29) is 12.0 Å². The summed E-state index contributed by atoms with van der Waals surface area (Å²) in [6, 6.07) is 24.2. The van der Waals surface area contributed by atoms with Gasteiger partial charge < -0.3 is 20.1 Å². The van der Waals surface area contributed by atoms with Crippen LogP contribution in [0.15, 0.2) is 72.8 Å². The van der Waals surface area contributed by atoms with Crippen LogP contribution in [0.25, 0.3) is 0 Å². The van der Waals surface area contributed by atoms with Crippen LogP contribution in [0.1, 0.15) is 75.5 Å². The minimum Gasteiger partial charge on any atom is -0.486 e. The summed E-state index contributed by atoms with van der Waals surface area (Å²) in [7, 11) is 0. The largest absolute Gasteiger partial charge is 0.486 e. The number of aliphatic hydroxyl groups is 1. The number of benzene rings is 3. The predicted octanol–water partition coefficient (Wildman–Crippen LogP) is 8.94. The second-order valence-corrected chi connectivity index (χ2v) is 11.9. The maximum absolute atomic E-state index is 10.2. The zero-order chi connectivity index (χ0) is 27.6. The quantitative estimate of drug-likeness (QED) is 0.159. The van der Waals surface area contributed by atoms with Crippen LogP contribution in [0, 0.1) is 5.92 Å². The first-order valence-corrected chi connectivity index (χ1v) is 15.1. The van der Waals surface area contributed by atoms with Crippen LogP contribution in [-0.4, -0.2) is 35.9 Å². The fourth-order valence-corrected chi connectivity index (χ4v) is 5.45. The highest BCUT2D eigenvalue weighted by molar-refractivity contribution is 6.30. The summed E-state index contributed by atoms with van der Waals surface area (Å²) in [5.74, 6) is 1.60. The molecule has 1 aliphatic rings. The van der Waals surface area contributed by atoms with Gasteiger partial charge in [0, 0.05) is 15.7 Å². The summed E-state index contributed by atoms with van der Waals surface area (Å²) in [6.07, 6.45) is 6.29. The molecule has 1 heterocycles. The maximum Gasteiger partial charge on any atom is 0.126 e. The van der Waals surface area contributed by atoms with Gasteiger partial charge in [0.05, 0.1) is 0 Å². The van der Waals surface area contributed by atoms with Crippen LogP contribution in [0.5, 0.6) is 5.75 Å². The van der Waals surface area contributed by atoms with E-state index in [0.717, 1.165) is 54.5 Å². The van der Waals surface area contributed by atoms with Crippen molar-refractivity contribution < 1.29 is 9.84 Å². The van der Waals surface area contributed by atoms with Crippen LogP contribution >= 0.6 is 23.2 Å². The molecule has 4 rings (SSSR count). The minimum atomic E-state index is -0.521. The monoisotopic (exact) mass is 568 g/mol. The summed E-state index contributed by atoms with van der Waals surface area (Å²) >= 11 is 12.2. The molecule has 3 aromatic carbocycles. The number of piperidine rings is 1. The number of anilines is 1. The van der Waals surface area contributed by atoms with E-state index in [1.54, 1.807) is 0 Å². The Morgan fingerprint density at radius 3 is 2.23 bits per heavy atom. The summed E-state index contributed by atoms with van der Waals surface area (Å²) in [4.78, 5) is 2.61. The molecule has 1 saturated heterocycles. The standard InChI is InChI=1S/C33H42Cl2N2O2/c1-24(2)33(38)36-30-8-6-7-27(23-30)25-18-21-37(22-19-25)20-5-3-4-9-32(26-10-12-28(34)13-11-26)39-31-16-14-29(35)15-17-31/h6-8,10-17,23-25,32-33,36,38H,3-5,9,18-22H2,1-2H3. The van der Waals surface area contributed by atoms with E-state index in [9.17, 15) is 5.11 Å². The van der Waals surface area contributed by atoms with Gasteiger partial charge in [0.2, 0.25) is 0 Å². The molecule has 2 unspecified atom stereocenters. The number of hydrogen-bond donors (Lipinski definition) is 2. The fourth-order valence-electron chi connectivity index (χ4n) is 5.20. The van der Waals surface area contributed by atoms with Gasteiger partial charge in [-0.15, -0.1) is 0 Å². The highest BCUT2D eigenvalue weighted by Gasteiger charge is 2.21. The number of ether oxygens (including phenoxy) is 1. The molecule has 6 heteroatoms. The van der Waals surface area contributed by atoms with E-state index >= 15 is 0 Å². The Morgan fingerprint density at radius 1 is 0.897 bits per heavy atom. The molecule has 0 amide bonds. The first-order valence-electron chi connectivity index (χ1n) is 14.3. The molecule has 210 valence electrons. The van der Waals surface area contributed by atoms with Crippen molar-refractivity contribution in [2.24, 2.45) is 5.92 Å². The molecule has 0 aromatic heterocycles. The number of aliphatic hydroxyl groups excluding tert-OH is 1. The molecule has 0 radical (unpaired) electrons. The lowest BCUT2D eigenvalue weighted by molar-refractivity contribution is 0.153. The molecule has 0 bridgehead atoms. The molecule has 2 N–H and O–H groups in total.